The molecule has 0 radical (unpaired) electrons. The number of nitrogens with one attached hydrogen (secondary N) is 1. The number of nitrogen functional groups attached to an aromatic ring is 2. The fraction of sp³-hybridized carbons (Fsp3) is 0.829. The maximum absolute atomic E-state index is 12.2. The van der Waals surface area contributed by atoms with Gasteiger partial charge in [-0.15, -0.1) is 0 Å². The van der Waals surface area contributed by atoms with E-state index in [0.29, 0.717) is 23.1 Å². The third-order valence-electron chi connectivity index (χ3n) is 8.28. The second-order valence-electron chi connectivity index (χ2n) is 15.1. The van der Waals surface area contributed by atoms with E-state index in [-0.39, 0.29) is 48.1 Å². The molecule has 1 aromatic rings. The number of hydrogen-bond acceptors (Lipinski definition) is 12. The van der Waals surface area contributed by atoms with Crippen LogP contribution in [-0.4, -0.2) is 105 Å². The largest absolute Gasteiger partial charge is 0.383 e. The quantitative estimate of drug-likeness (QED) is 0.116. The van der Waals surface area contributed by atoms with Crippen LogP contribution >= 0.6 is 0 Å². The van der Waals surface area contributed by atoms with Crippen molar-refractivity contribution in [3.63, 3.8) is 0 Å². The van der Waals surface area contributed by atoms with Gasteiger partial charge in [0, 0.05) is 33.3 Å². The molecule has 0 aromatic carbocycles. The summed E-state index contributed by atoms with van der Waals surface area (Å²) >= 11 is 0. The summed E-state index contributed by atoms with van der Waals surface area (Å²) < 4.78 is 27.8. The van der Waals surface area contributed by atoms with Gasteiger partial charge in [0.1, 0.15) is 5.82 Å². The van der Waals surface area contributed by atoms with Gasteiger partial charge in [0.25, 0.3) is 5.91 Å². The van der Waals surface area contributed by atoms with Crippen molar-refractivity contribution in [2.75, 3.05) is 64.6 Å². The Kier molecular flexibility index (Phi) is 18.2. The number of nitrogens with two attached hydrogens (primary N) is 3. The van der Waals surface area contributed by atoms with Crippen molar-refractivity contribution >= 4 is 23.5 Å². The van der Waals surface area contributed by atoms with Gasteiger partial charge in [-0.05, 0) is 63.7 Å². The molecule has 7 N–H and O–H groups in total. The molecule has 0 bridgehead atoms. The minimum absolute atomic E-state index is 0.00840. The zero-order valence-corrected chi connectivity index (χ0v) is 31.7. The molecule has 4 unspecified atom stereocenters. The van der Waals surface area contributed by atoms with Crippen molar-refractivity contribution in [2.45, 2.75) is 125 Å². The minimum atomic E-state index is -0.543. The molecule has 4 atom stereocenters. The van der Waals surface area contributed by atoms with Gasteiger partial charge in [-0.2, -0.15) is 0 Å². The molecule has 1 aromatic heterocycles. The van der Waals surface area contributed by atoms with Crippen molar-refractivity contribution in [2.24, 2.45) is 21.6 Å². The topological polar surface area (TPSA) is 195 Å². The highest BCUT2D eigenvalue weighted by atomic mass is 16.7. The van der Waals surface area contributed by atoms with E-state index in [4.69, 9.17) is 40.9 Å². The number of carbonyl (C=O) groups is 1. The molecule has 1 amide bonds. The zero-order chi connectivity index (χ0) is 36.6. The summed E-state index contributed by atoms with van der Waals surface area (Å²) in [7, 11) is 1.73. The molecular formula is C35H66N8O6. The lowest BCUT2D eigenvalue weighted by molar-refractivity contribution is -0.216. The van der Waals surface area contributed by atoms with Gasteiger partial charge in [-0.25, -0.2) is 9.97 Å². The number of aryl methyl sites for hydroxylation is 1. The van der Waals surface area contributed by atoms with Crippen LogP contribution in [-0.2, 0) is 23.7 Å². The van der Waals surface area contributed by atoms with E-state index in [1.807, 2.05) is 13.8 Å². The standard InChI is InChI=1S/C20H37N7O.C15H29NO5/c1-13-15(21)26-16(22)14(25-13)17(28)27-18(23)24-11-9-7-8-10-20(5,6)12-19(2,3)4;1-12-18-7-4-14(20-12)10-16(6-9-17-3)11-15-5-8-19-13(2)21-15/h7-12H2,1-6H3,(H4,21,22,26)(H3,23,24,27,28);12-15H,4-11H2,1-3H3. The van der Waals surface area contributed by atoms with E-state index in [1.54, 1.807) is 14.0 Å². The van der Waals surface area contributed by atoms with Crippen molar-refractivity contribution < 1.29 is 28.5 Å². The number of aliphatic imine (C=N–C) groups is 1. The Labute approximate surface area is 294 Å². The van der Waals surface area contributed by atoms with Gasteiger partial charge in [0.05, 0.1) is 37.7 Å². The number of methoxy groups -OCH3 is 1. The highest BCUT2D eigenvalue weighted by Gasteiger charge is 2.27. The molecular weight excluding hydrogens is 628 g/mol. The molecule has 49 heavy (non-hydrogen) atoms. The van der Waals surface area contributed by atoms with Gasteiger partial charge in [-0.3, -0.25) is 20.0 Å². The van der Waals surface area contributed by atoms with Crippen molar-refractivity contribution in [3.05, 3.63) is 11.4 Å². The second-order valence-corrected chi connectivity index (χ2v) is 15.1. The molecule has 2 aliphatic heterocycles. The van der Waals surface area contributed by atoms with E-state index >= 15 is 0 Å². The molecule has 0 saturated carbocycles. The Hall–Kier alpha value is -2.62. The van der Waals surface area contributed by atoms with Crippen LogP contribution in [0.4, 0.5) is 11.6 Å². The zero-order valence-electron chi connectivity index (χ0n) is 31.7. The predicted octanol–water partition coefficient (Wildman–Crippen LogP) is 4.25. The third kappa shape index (κ3) is 17.7. The lowest BCUT2D eigenvalue weighted by Gasteiger charge is -2.36. The Morgan fingerprint density at radius 3 is 2.08 bits per heavy atom. The number of rotatable bonds is 15. The molecule has 3 heterocycles. The average Bonchev–Trinajstić information content (AvgIpc) is 2.98. The number of aromatic nitrogens is 2. The van der Waals surface area contributed by atoms with E-state index in [9.17, 15) is 4.79 Å². The SMILES string of the molecule is COCCN(CC1CCOC(C)O1)CC1CCOC(C)O1.Cc1nc(C(=O)NC(N)=NCCCCCC(C)(C)CC(C)(C)C)c(N)nc1N. The second kappa shape index (κ2) is 20.9. The minimum Gasteiger partial charge on any atom is -0.383 e. The fourth-order valence-electron chi connectivity index (χ4n) is 6.35. The molecule has 2 saturated heterocycles. The lowest BCUT2D eigenvalue weighted by atomic mass is 9.73. The number of amides is 1. The van der Waals surface area contributed by atoms with Crippen LogP contribution in [0.1, 0.15) is 110 Å². The molecule has 2 aliphatic rings. The van der Waals surface area contributed by atoms with Crippen LogP contribution < -0.4 is 22.5 Å². The van der Waals surface area contributed by atoms with Crippen molar-refractivity contribution in [1.82, 2.24) is 20.2 Å². The molecule has 14 nitrogen and oxygen atoms in total. The molecule has 0 aliphatic carbocycles. The van der Waals surface area contributed by atoms with Crippen LogP contribution in [0.2, 0.25) is 0 Å². The van der Waals surface area contributed by atoms with Gasteiger partial charge in [-0.1, -0.05) is 47.5 Å². The fourth-order valence-corrected chi connectivity index (χ4v) is 6.35. The first kappa shape index (κ1) is 42.5. The highest BCUT2D eigenvalue weighted by molar-refractivity contribution is 6.06. The molecule has 282 valence electrons. The molecule has 3 rings (SSSR count). The summed E-state index contributed by atoms with van der Waals surface area (Å²) in [5, 5.41) is 2.49. The Balaban J connectivity index is 0.000000353. The maximum atomic E-state index is 12.2. The normalized spacial score (nSPS) is 22.0. The van der Waals surface area contributed by atoms with Gasteiger partial charge >= 0.3 is 0 Å². The highest BCUT2D eigenvalue weighted by Crippen LogP contribution is 2.37. The average molecular weight is 695 g/mol. The van der Waals surface area contributed by atoms with E-state index < -0.39 is 5.91 Å². The van der Waals surface area contributed by atoms with Crippen LogP contribution in [0, 0.1) is 17.8 Å². The van der Waals surface area contributed by atoms with E-state index in [1.165, 1.54) is 12.8 Å². The smallest absolute Gasteiger partial charge is 0.280 e. The van der Waals surface area contributed by atoms with Crippen LogP contribution in [0.15, 0.2) is 4.99 Å². The number of unbranched alkanes of at least 4 members (excludes halogenated alkanes) is 2. The van der Waals surface area contributed by atoms with Crippen molar-refractivity contribution in [3.8, 4) is 0 Å². The monoisotopic (exact) mass is 695 g/mol. The number of ether oxygens (including phenoxy) is 5. The molecule has 0 spiro atoms. The number of nitrogens with zero attached hydrogens (tertiary/aromatic N) is 4. The van der Waals surface area contributed by atoms with E-state index in [0.717, 1.165) is 71.6 Å². The first-order valence-electron chi connectivity index (χ1n) is 17.7. The first-order valence-corrected chi connectivity index (χ1v) is 17.7. The Morgan fingerprint density at radius 2 is 1.55 bits per heavy atom. The van der Waals surface area contributed by atoms with Crippen LogP contribution in [0.3, 0.4) is 0 Å². The summed E-state index contributed by atoms with van der Waals surface area (Å²) in [4.78, 5) is 26.7. The van der Waals surface area contributed by atoms with E-state index in [2.05, 4.69) is 59.8 Å². The van der Waals surface area contributed by atoms with Crippen LogP contribution in [0.5, 0.6) is 0 Å². The van der Waals surface area contributed by atoms with Crippen molar-refractivity contribution in [1.29, 1.82) is 0 Å². The third-order valence-corrected chi connectivity index (χ3v) is 8.28. The number of guanidine groups is 1. The summed E-state index contributed by atoms with van der Waals surface area (Å²) in [5.41, 5.74) is 18.2. The Morgan fingerprint density at radius 1 is 0.959 bits per heavy atom. The summed E-state index contributed by atoms with van der Waals surface area (Å²) in [5.74, 6) is -0.334. The summed E-state index contributed by atoms with van der Waals surface area (Å²) in [6, 6.07) is 0. The summed E-state index contributed by atoms with van der Waals surface area (Å²) in [6.45, 7) is 22.6. The number of carbonyl (C=O) groups excluding carboxylic acids is 1. The predicted molar refractivity (Wildman–Crippen MR) is 194 cm³/mol. The first-order chi connectivity index (χ1) is 23.0. The van der Waals surface area contributed by atoms with Crippen LogP contribution in [0.25, 0.3) is 0 Å². The number of hydrogen-bond donors (Lipinski definition) is 4. The Bertz CT molecular complexity index is 1140. The van der Waals surface area contributed by atoms with Gasteiger partial charge in [0.2, 0.25) is 0 Å². The molecule has 2 fully saturated rings. The summed E-state index contributed by atoms with van der Waals surface area (Å²) in [6.07, 6.45) is 7.67. The lowest BCUT2D eigenvalue weighted by Crippen LogP contribution is -2.46. The number of anilines is 2. The maximum Gasteiger partial charge on any atom is 0.280 e. The van der Waals surface area contributed by atoms with Gasteiger partial charge < -0.3 is 40.9 Å². The molecule has 14 heteroatoms. The van der Waals surface area contributed by atoms with Gasteiger partial charge in [0.15, 0.2) is 30.1 Å².